The van der Waals surface area contributed by atoms with Gasteiger partial charge in [0.05, 0.1) is 16.7 Å². The van der Waals surface area contributed by atoms with Crippen molar-refractivity contribution in [3.63, 3.8) is 0 Å². The van der Waals surface area contributed by atoms with Crippen LogP contribution in [0.1, 0.15) is 49.1 Å². The summed E-state index contributed by atoms with van der Waals surface area (Å²) in [5.74, 6) is 0.400. The van der Waals surface area contributed by atoms with E-state index in [-0.39, 0.29) is 17.6 Å². The Morgan fingerprint density at radius 2 is 2.00 bits per heavy atom. The predicted molar refractivity (Wildman–Crippen MR) is 113 cm³/mol. The van der Waals surface area contributed by atoms with Crippen LogP contribution < -0.4 is 5.32 Å². The molecular weight excluding hydrogens is 419 g/mol. The summed E-state index contributed by atoms with van der Waals surface area (Å²) in [7, 11) is 0. The fourth-order valence-corrected chi connectivity index (χ4v) is 4.63. The van der Waals surface area contributed by atoms with Crippen LogP contribution in [0.3, 0.4) is 0 Å². The van der Waals surface area contributed by atoms with Crippen LogP contribution >= 0.6 is 23.2 Å². The molecule has 1 fully saturated rings. The summed E-state index contributed by atoms with van der Waals surface area (Å²) in [6.45, 7) is 0. The Bertz CT molecular complexity index is 855. The van der Waals surface area contributed by atoms with Gasteiger partial charge in [-0.2, -0.15) is 0 Å². The van der Waals surface area contributed by atoms with Gasteiger partial charge in [0.2, 0.25) is 5.91 Å². The second-order valence-electron chi connectivity index (χ2n) is 7.11. The van der Waals surface area contributed by atoms with E-state index in [4.69, 9.17) is 27.8 Å². The zero-order chi connectivity index (χ0) is 20.1. The second kappa shape index (κ2) is 9.83. The normalized spacial score (nSPS) is 16.7. The van der Waals surface area contributed by atoms with Crippen LogP contribution in [0.15, 0.2) is 36.5 Å². The average molecular weight is 441 g/mol. The second-order valence-corrected chi connectivity index (χ2v) is 8.88. The number of nitrogens with zero attached hydrogens (tertiary/aromatic N) is 1. The van der Waals surface area contributed by atoms with E-state index in [1.54, 1.807) is 24.3 Å². The lowest BCUT2D eigenvalue weighted by Crippen LogP contribution is -2.23. The number of pyridine rings is 1. The Balaban J connectivity index is 1.83. The van der Waals surface area contributed by atoms with Gasteiger partial charge in [-0.1, -0.05) is 61.0 Å². The number of aromatic nitrogens is 1. The smallest absolute Gasteiger partial charge is 0.233 e. The molecule has 0 aliphatic heterocycles. The number of carbonyl (C=O) groups is 1. The van der Waals surface area contributed by atoms with Crippen molar-refractivity contribution in [2.45, 2.75) is 43.8 Å². The van der Waals surface area contributed by atoms with E-state index >= 15 is 0 Å². The lowest BCUT2D eigenvalue weighted by Gasteiger charge is -2.21. The first-order valence-corrected chi connectivity index (χ1v) is 11.2. The van der Waals surface area contributed by atoms with Gasteiger partial charge in [-0.15, -0.1) is 0 Å². The maximum Gasteiger partial charge on any atom is 0.233 e. The third-order valence-electron chi connectivity index (χ3n) is 5.10. The van der Waals surface area contributed by atoms with Gasteiger partial charge in [-0.3, -0.25) is 4.79 Å². The third-order valence-corrected chi connectivity index (χ3v) is 6.23. The average Bonchev–Trinajstić information content (AvgIpc) is 3.16. The summed E-state index contributed by atoms with van der Waals surface area (Å²) in [5.41, 5.74) is 1.39. The van der Waals surface area contributed by atoms with Crippen LogP contribution in [-0.4, -0.2) is 19.7 Å². The van der Waals surface area contributed by atoms with Gasteiger partial charge in [0.25, 0.3) is 0 Å². The van der Waals surface area contributed by atoms with Gasteiger partial charge >= 0.3 is 0 Å². The topological polar surface area (TPSA) is 79.3 Å². The van der Waals surface area contributed by atoms with E-state index in [1.165, 1.54) is 19.0 Å². The highest BCUT2D eigenvalue weighted by molar-refractivity contribution is 7.78. The molecule has 1 aliphatic carbocycles. The number of anilines is 1. The van der Waals surface area contributed by atoms with Crippen LogP contribution in [-0.2, 0) is 21.6 Å². The lowest BCUT2D eigenvalue weighted by atomic mass is 9.87. The third kappa shape index (κ3) is 5.77. The maximum atomic E-state index is 13.0. The van der Waals surface area contributed by atoms with Gasteiger partial charge in [-0.25, -0.2) is 9.19 Å². The maximum absolute atomic E-state index is 13.0. The summed E-state index contributed by atoms with van der Waals surface area (Å²) >= 11 is 10.2. The van der Waals surface area contributed by atoms with Crippen molar-refractivity contribution < 1.29 is 13.6 Å². The molecule has 8 heteroatoms. The summed E-state index contributed by atoms with van der Waals surface area (Å²) in [6, 6.07) is 8.62. The summed E-state index contributed by atoms with van der Waals surface area (Å²) in [5, 5.41) is 3.77. The Morgan fingerprint density at radius 1 is 1.25 bits per heavy atom. The molecule has 3 rings (SSSR count). The number of amides is 1. The van der Waals surface area contributed by atoms with Crippen molar-refractivity contribution in [1.29, 1.82) is 0 Å². The Kier molecular flexibility index (Phi) is 7.46. The fraction of sp³-hybridized carbons (Fsp3) is 0.400. The number of rotatable bonds is 7. The van der Waals surface area contributed by atoms with E-state index in [9.17, 15) is 9.00 Å². The van der Waals surface area contributed by atoms with Gasteiger partial charge in [0.15, 0.2) is 11.1 Å². The van der Waals surface area contributed by atoms with E-state index in [1.807, 2.05) is 6.07 Å². The highest BCUT2D eigenvalue weighted by atomic mass is 35.5. The molecule has 1 amide bonds. The van der Waals surface area contributed by atoms with Crippen molar-refractivity contribution in [3.05, 3.63) is 57.7 Å². The zero-order valence-electron chi connectivity index (χ0n) is 15.2. The molecule has 0 spiro atoms. The summed E-state index contributed by atoms with van der Waals surface area (Å²) < 4.78 is 20.2. The minimum atomic E-state index is -1.97. The predicted octanol–water partition coefficient (Wildman–Crippen LogP) is 5.41. The molecule has 1 heterocycles. The van der Waals surface area contributed by atoms with E-state index in [0.717, 1.165) is 24.8 Å². The molecule has 1 aromatic carbocycles. The summed E-state index contributed by atoms with van der Waals surface area (Å²) in [6.07, 6.45) is 6.86. The highest BCUT2D eigenvalue weighted by Crippen LogP contribution is 2.36. The number of halogens is 2. The number of hydrogen-bond donors (Lipinski definition) is 2. The first kappa shape index (κ1) is 21.2. The van der Waals surface area contributed by atoms with Gasteiger partial charge in [0.1, 0.15) is 5.82 Å². The van der Waals surface area contributed by atoms with Crippen LogP contribution in [0.4, 0.5) is 5.82 Å². The molecule has 2 atom stereocenters. The van der Waals surface area contributed by atoms with Crippen LogP contribution in [0, 0.1) is 5.92 Å². The molecule has 150 valence electrons. The van der Waals surface area contributed by atoms with Crippen LogP contribution in [0.5, 0.6) is 0 Å². The minimum Gasteiger partial charge on any atom is -0.310 e. The first-order valence-electron chi connectivity index (χ1n) is 9.20. The number of carbonyl (C=O) groups excluding carboxylic acids is 1. The Hall–Kier alpha value is -1.47. The minimum absolute atomic E-state index is 0.0344. The molecule has 5 nitrogen and oxygen atoms in total. The lowest BCUT2D eigenvalue weighted by molar-refractivity contribution is -0.118. The van der Waals surface area contributed by atoms with Crippen molar-refractivity contribution in [3.8, 4) is 0 Å². The van der Waals surface area contributed by atoms with Crippen molar-refractivity contribution in [1.82, 2.24) is 4.98 Å². The van der Waals surface area contributed by atoms with Crippen LogP contribution in [0.2, 0.25) is 10.0 Å². The van der Waals surface area contributed by atoms with Crippen LogP contribution in [0.25, 0.3) is 0 Å². The van der Waals surface area contributed by atoms with Crippen molar-refractivity contribution >= 4 is 46.0 Å². The molecule has 28 heavy (non-hydrogen) atoms. The SMILES string of the molecule is O=C(Nc1ccc(Cl)cn1)C(CC1CCCC1)c1ccc(CS(=O)O)c(Cl)c1. The number of benzene rings is 1. The molecule has 1 aromatic heterocycles. The van der Waals surface area contributed by atoms with E-state index in [0.29, 0.717) is 27.3 Å². The standard InChI is InChI=1S/C20H22Cl2N2O3S/c21-16-7-8-19(23-11-16)24-20(25)17(9-13-3-1-2-4-13)14-5-6-15(12-28(26)27)18(22)10-14/h5-8,10-11,13,17H,1-4,9,12H2,(H,26,27)(H,23,24,25). The molecule has 0 bridgehead atoms. The first-order chi connectivity index (χ1) is 13.4. The fourth-order valence-electron chi connectivity index (χ4n) is 3.67. The molecule has 0 saturated heterocycles. The number of nitrogens with one attached hydrogen (secondary N) is 1. The van der Waals surface area contributed by atoms with E-state index < -0.39 is 11.1 Å². The summed E-state index contributed by atoms with van der Waals surface area (Å²) in [4.78, 5) is 17.2. The monoisotopic (exact) mass is 440 g/mol. The molecule has 0 radical (unpaired) electrons. The number of hydrogen-bond acceptors (Lipinski definition) is 3. The van der Waals surface area contributed by atoms with Gasteiger partial charge < -0.3 is 9.87 Å². The van der Waals surface area contributed by atoms with Gasteiger partial charge in [0, 0.05) is 11.2 Å². The molecule has 2 aromatic rings. The molecule has 2 N–H and O–H groups in total. The Labute approximate surface area is 177 Å². The Morgan fingerprint density at radius 3 is 2.61 bits per heavy atom. The highest BCUT2D eigenvalue weighted by Gasteiger charge is 2.27. The molecule has 1 saturated carbocycles. The molecule has 1 aliphatic rings. The quantitative estimate of drug-likeness (QED) is 0.563. The van der Waals surface area contributed by atoms with Crippen molar-refractivity contribution in [2.24, 2.45) is 5.92 Å². The van der Waals surface area contributed by atoms with E-state index in [2.05, 4.69) is 10.3 Å². The molecular formula is C20H22Cl2N2O3S. The molecule has 2 unspecified atom stereocenters. The van der Waals surface area contributed by atoms with Gasteiger partial charge in [-0.05, 0) is 41.7 Å². The largest absolute Gasteiger partial charge is 0.310 e. The zero-order valence-corrected chi connectivity index (χ0v) is 17.6. The van der Waals surface area contributed by atoms with Crippen molar-refractivity contribution in [2.75, 3.05) is 5.32 Å².